The van der Waals surface area contributed by atoms with Crippen LogP contribution in [0.5, 0.6) is 0 Å². The van der Waals surface area contributed by atoms with Gasteiger partial charge >= 0.3 is 0 Å². The van der Waals surface area contributed by atoms with Crippen molar-refractivity contribution in [1.82, 2.24) is 5.32 Å². The third-order valence-electron chi connectivity index (χ3n) is 4.66. The van der Waals surface area contributed by atoms with Gasteiger partial charge in [0, 0.05) is 18.6 Å². The molecule has 0 aromatic heterocycles. The van der Waals surface area contributed by atoms with Crippen LogP contribution in [0, 0.1) is 5.92 Å². The third-order valence-corrected chi connectivity index (χ3v) is 4.66. The number of nitrogens with one attached hydrogen (secondary N) is 1. The first-order chi connectivity index (χ1) is 11.9. The van der Waals surface area contributed by atoms with Gasteiger partial charge in [-0.05, 0) is 22.6 Å². The summed E-state index contributed by atoms with van der Waals surface area (Å²) in [7, 11) is 0. The zero-order valence-corrected chi connectivity index (χ0v) is 15.3. The highest BCUT2D eigenvalue weighted by Crippen LogP contribution is 2.20. The summed E-state index contributed by atoms with van der Waals surface area (Å²) in [6.45, 7) is 6.56. The van der Waals surface area contributed by atoms with Crippen molar-refractivity contribution in [3.05, 3.63) is 71.3 Å². The predicted octanol–water partition coefficient (Wildman–Crippen LogP) is 3.26. The Bertz CT molecular complexity index is 667. The van der Waals surface area contributed by atoms with E-state index in [2.05, 4.69) is 31.3 Å². The minimum absolute atomic E-state index is 0.0781. The van der Waals surface area contributed by atoms with E-state index in [0.717, 1.165) is 11.1 Å². The Hall–Kier alpha value is -2.17. The molecule has 0 aliphatic rings. The van der Waals surface area contributed by atoms with Gasteiger partial charge in [-0.15, -0.1) is 0 Å². The van der Waals surface area contributed by atoms with Crippen LogP contribution in [0.4, 0.5) is 0 Å². The van der Waals surface area contributed by atoms with Gasteiger partial charge in [-0.1, -0.05) is 75.4 Å². The maximum atomic E-state index is 12.4. The second-order valence-corrected chi connectivity index (χ2v) is 6.90. The molecular weight excluding hydrogens is 310 g/mol. The Morgan fingerprint density at radius 3 is 2.00 bits per heavy atom. The highest BCUT2D eigenvalue weighted by Gasteiger charge is 2.22. The first kappa shape index (κ1) is 19.2. The Kier molecular flexibility index (Phi) is 6.73. The van der Waals surface area contributed by atoms with Gasteiger partial charge in [-0.3, -0.25) is 4.79 Å². The van der Waals surface area contributed by atoms with Crippen molar-refractivity contribution in [2.24, 2.45) is 17.4 Å². The van der Waals surface area contributed by atoms with Crippen molar-refractivity contribution in [3.63, 3.8) is 0 Å². The number of amides is 1. The largest absolute Gasteiger partial charge is 0.354 e. The van der Waals surface area contributed by atoms with Gasteiger partial charge in [0.25, 0.3) is 0 Å². The minimum atomic E-state index is -0.331. The standard InChI is InChI=1S/C21H29N3O/c1-14(2)16-9-11-17(12-10-16)19(22)13-24-21(25)15(3)20(23)18-7-5-4-6-8-18/h4-12,14-15,19-20H,13,22-23H2,1-3H3,(H,24,25). The maximum absolute atomic E-state index is 12.4. The number of carbonyl (C=O) groups excluding carboxylic acids is 1. The number of hydrogen-bond donors (Lipinski definition) is 3. The molecular formula is C21H29N3O. The van der Waals surface area contributed by atoms with Crippen LogP contribution in [-0.2, 0) is 4.79 Å². The molecule has 4 heteroatoms. The van der Waals surface area contributed by atoms with E-state index in [0.29, 0.717) is 12.5 Å². The highest BCUT2D eigenvalue weighted by molar-refractivity contribution is 5.79. The van der Waals surface area contributed by atoms with Crippen molar-refractivity contribution >= 4 is 5.91 Å². The average molecular weight is 339 g/mol. The quantitative estimate of drug-likeness (QED) is 0.724. The predicted molar refractivity (Wildman–Crippen MR) is 103 cm³/mol. The van der Waals surface area contributed by atoms with Crippen molar-refractivity contribution in [2.45, 2.75) is 38.8 Å². The molecule has 0 heterocycles. The van der Waals surface area contributed by atoms with Crippen LogP contribution in [0.1, 0.15) is 55.5 Å². The van der Waals surface area contributed by atoms with Gasteiger partial charge in [0.05, 0.1) is 5.92 Å². The molecule has 0 radical (unpaired) electrons. The van der Waals surface area contributed by atoms with Gasteiger partial charge in [0.2, 0.25) is 5.91 Å². The van der Waals surface area contributed by atoms with Crippen LogP contribution in [0.2, 0.25) is 0 Å². The van der Waals surface area contributed by atoms with Gasteiger partial charge in [-0.25, -0.2) is 0 Å². The molecule has 3 atom stereocenters. The summed E-state index contributed by atoms with van der Waals surface area (Å²) in [6, 6.07) is 17.4. The van der Waals surface area contributed by atoms with Crippen LogP contribution < -0.4 is 16.8 Å². The molecule has 0 saturated carbocycles. The summed E-state index contributed by atoms with van der Waals surface area (Å²) in [5, 5.41) is 2.92. The summed E-state index contributed by atoms with van der Waals surface area (Å²) in [5.41, 5.74) is 15.7. The summed E-state index contributed by atoms with van der Waals surface area (Å²) in [6.07, 6.45) is 0. The molecule has 0 bridgehead atoms. The van der Waals surface area contributed by atoms with Gasteiger partial charge in [0.15, 0.2) is 0 Å². The second-order valence-electron chi connectivity index (χ2n) is 6.90. The Morgan fingerprint density at radius 2 is 1.44 bits per heavy atom. The fraction of sp³-hybridized carbons (Fsp3) is 0.381. The molecule has 2 aromatic carbocycles. The SMILES string of the molecule is CC(C)c1ccc(C(N)CNC(=O)C(C)C(N)c2ccccc2)cc1. The molecule has 0 aliphatic heterocycles. The van der Waals surface area contributed by atoms with E-state index in [-0.39, 0.29) is 23.9 Å². The molecule has 5 N–H and O–H groups in total. The molecule has 1 amide bonds. The molecule has 0 saturated heterocycles. The van der Waals surface area contributed by atoms with E-state index in [1.165, 1.54) is 5.56 Å². The van der Waals surface area contributed by atoms with Crippen molar-refractivity contribution < 1.29 is 4.79 Å². The molecule has 2 rings (SSSR count). The number of hydrogen-bond acceptors (Lipinski definition) is 3. The van der Waals surface area contributed by atoms with Crippen LogP contribution in [-0.4, -0.2) is 12.5 Å². The number of rotatable bonds is 7. The van der Waals surface area contributed by atoms with Crippen molar-refractivity contribution in [3.8, 4) is 0 Å². The molecule has 0 spiro atoms. The fourth-order valence-corrected chi connectivity index (χ4v) is 2.74. The monoisotopic (exact) mass is 339 g/mol. The van der Waals surface area contributed by atoms with Crippen LogP contribution >= 0.6 is 0 Å². The Balaban J connectivity index is 1.90. The molecule has 0 fully saturated rings. The smallest absolute Gasteiger partial charge is 0.224 e. The van der Waals surface area contributed by atoms with Crippen molar-refractivity contribution in [1.29, 1.82) is 0 Å². The minimum Gasteiger partial charge on any atom is -0.354 e. The average Bonchev–Trinajstić information content (AvgIpc) is 2.65. The normalized spacial score (nSPS) is 14.8. The van der Waals surface area contributed by atoms with E-state index < -0.39 is 0 Å². The molecule has 3 unspecified atom stereocenters. The Labute approximate surface area is 150 Å². The first-order valence-electron chi connectivity index (χ1n) is 8.83. The molecule has 0 aliphatic carbocycles. The zero-order valence-electron chi connectivity index (χ0n) is 15.3. The van der Waals surface area contributed by atoms with E-state index in [9.17, 15) is 4.79 Å². The zero-order chi connectivity index (χ0) is 18.4. The van der Waals surface area contributed by atoms with E-state index in [4.69, 9.17) is 11.5 Å². The topological polar surface area (TPSA) is 81.1 Å². The maximum Gasteiger partial charge on any atom is 0.224 e. The van der Waals surface area contributed by atoms with Crippen molar-refractivity contribution in [2.75, 3.05) is 6.54 Å². The van der Waals surface area contributed by atoms with E-state index >= 15 is 0 Å². The number of carbonyl (C=O) groups is 1. The summed E-state index contributed by atoms with van der Waals surface area (Å²) in [4.78, 5) is 12.4. The number of nitrogens with two attached hydrogens (primary N) is 2. The lowest BCUT2D eigenvalue weighted by molar-refractivity contribution is -0.125. The summed E-state index contributed by atoms with van der Waals surface area (Å²) < 4.78 is 0. The lowest BCUT2D eigenvalue weighted by Gasteiger charge is -2.21. The summed E-state index contributed by atoms with van der Waals surface area (Å²) in [5.74, 6) is 0.0915. The van der Waals surface area contributed by atoms with Crippen LogP contribution in [0.3, 0.4) is 0 Å². The van der Waals surface area contributed by atoms with E-state index in [1.54, 1.807) is 0 Å². The first-order valence-corrected chi connectivity index (χ1v) is 8.83. The van der Waals surface area contributed by atoms with Gasteiger partial charge < -0.3 is 16.8 Å². The van der Waals surface area contributed by atoms with Gasteiger partial charge in [0.1, 0.15) is 0 Å². The fourth-order valence-electron chi connectivity index (χ4n) is 2.74. The lowest BCUT2D eigenvalue weighted by atomic mass is 9.94. The Morgan fingerprint density at radius 1 is 0.880 bits per heavy atom. The molecule has 134 valence electrons. The molecule has 25 heavy (non-hydrogen) atoms. The lowest BCUT2D eigenvalue weighted by Crippen LogP contribution is -2.39. The van der Waals surface area contributed by atoms with Crippen LogP contribution in [0.25, 0.3) is 0 Å². The van der Waals surface area contributed by atoms with Crippen LogP contribution in [0.15, 0.2) is 54.6 Å². The highest BCUT2D eigenvalue weighted by atomic mass is 16.1. The summed E-state index contributed by atoms with van der Waals surface area (Å²) >= 11 is 0. The second kappa shape index (κ2) is 8.79. The number of benzene rings is 2. The third kappa shape index (κ3) is 5.15. The molecule has 2 aromatic rings. The van der Waals surface area contributed by atoms with Gasteiger partial charge in [-0.2, -0.15) is 0 Å². The molecule has 4 nitrogen and oxygen atoms in total. The van der Waals surface area contributed by atoms with E-state index in [1.807, 2.05) is 49.4 Å².